The Morgan fingerprint density at radius 1 is 1.14 bits per heavy atom. The molecule has 2 saturated heterocycles. The van der Waals surface area contributed by atoms with Crippen molar-refractivity contribution in [1.82, 2.24) is 9.80 Å². The predicted octanol–water partition coefficient (Wildman–Crippen LogP) is 1.74. The van der Waals surface area contributed by atoms with Gasteiger partial charge in [-0.1, -0.05) is 6.07 Å². The van der Waals surface area contributed by atoms with E-state index in [-0.39, 0.29) is 29.2 Å². The van der Waals surface area contributed by atoms with Crippen LogP contribution in [0.1, 0.15) is 11.1 Å². The summed E-state index contributed by atoms with van der Waals surface area (Å²) in [6, 6.07) is 5.31. The fraction of sp³-hybridized carbons (Fsp3) is 0.550. The third-order valence-electron chi connectivity index (χ3n) is 5.09. The Morgan fingerprint density at radius 2 is 1.86 bits per heavy atom. The number of morpholine rings is 1. The van der Waals surface area contributed by atoms with E-state index < -0.39 is 6.04 Å². The molecule has 1 atom stereocenters. The molecular formula is C20H27N3O4S2. The first kappa shape index (κ1) is 22.0. The van der Waals surface area contributed by atoms with Crippen molar-refractivity contribution in [3.05, 3.63) is 29.3 Å². The van der Waals surface area contributed by atoms with E-state index in [0.29, 0.717) is 37.9 Å². The highest BCUT2D eigenvalue weighted by Gasteiger charge is 2.34. The van der Waals surface area contributed by atoms with Crippen LogP contribution in [0.3, 0.4) is 0 Å². The monoisotopic (exact) mass is 437 g/mol. The maximum atomic E-state index is 12.7. The molecule has 1 aromatic rings. The van der Waals surface area contributed by atoms with E-state index in [9.17, 15) is 14.4 Å². The van der Waals surface area contributed by atoms with Gasteiger partial charge in [0.2, 0.25) is 17.7 Å². The Labute approximate surface area is 179 Å². The number of hydrogen-bond acceptors (Lipinski definition) is 6. The summed E-state index contributed by atoms with van der Waals surface area (Å²) in [6.07, 6.45) is 0. The highest BCUT2D eigenvalue weighted by molar-refractivity contribution is 8.00. The number of nitrogens with one attached hydrogen (secondary N) is 1. The van der Waals surface area contributed by atoms with Crippen LogP contribution < -0.4 is 5.32 Å². The SMILES string of the molecule is Cc1ccc(NC(=O)C2CSCN2C(=O)CSCC(=O)N2CCOCC2)cc1C. The number of carbonyl (C=O) groups excluding carboxylic acids is 3. The minimum atomic E-state index is -0.482. The summed E-state index contributed by atoms with van der Waals surface area (Å²) < 4.78 is 5.25. The number of aryl methyl sites for hydroxylation is 2. The highest BCUT2D eigenvalue weighted by atomic mass is 32.2. The van der Waals surface area contributed by atoms with Crippen molar-refractivity contribution < 1.29 is 19.1 Å². The van der Waals surface area contributed by atoms with Gasteiger partial charge in [0.05, 0.1) is 30.6 Å². The van der Waals surface area contributed by atoms with E-state index in [1.54, 1.807) is 21.6 Å². The Bertz CT molecular complexity index is 768. The molecule has 9 heteroatoms. The van der Waals surface area contributed by atoms with Gasteiger partial charge in [0.1, 0.15) is 6.04 Å². The molecule has 1 N–H and O–H groups in total. The molecule has 0 spiro atoms. The minimum absolute atomic E-state index is 0.0333. The molecule has 1 unspecified atom stereocenters. The molecule has 2 fully saturated rings. The summed E-state index contributed by atoms with van der Waals surface area (Å²) in [5, 5.41) is 2.93. The lowest BCUT2D eigenvalue weighted by atomic mass is 10.1. The van der Waals surface area contributed by atoms with E-state index >= 15 is 0 Å². The molecular weight excluding hydrogens is 410 g/mol. The molecule has 0 bridgehead atoms. The number of thioether (sulfide) groups is 2. The smallest absolute Gasteiger partial charge is 0.248 e. The average molecular weight is 438 g/mol. The third kappa shape index (κ3) is 5.90. The fourth-order valence-electron chi connectivity index (χ4n) is 3.16. The molecule has 29 heavy (non-hydrogen) atoms. The number of anilines is 1. The zero-order valence-corrected chi connectivity index (χ0v) is 18.4. The van der Waals surface area contributed by atoms with Crippen LogP contribution in [-0.2, 0) is 19.1 Å². The molecule has 0 radical (unpaired) electrons. The average Bonchev–Trinajstić information content (AvgIpc) is 3.21. The number of benzene rings is 1. The summed E-state index contributed by atoms with van der Waals surface area (Å²) in [6.45, 7) is 6.38. The zero-order valence-electron chi connectivity index (χ0n) is 16.8. The summed E-state index contributed by atoms with van der Waals surface area (Å²) in [5.41, 5.74) is 3.02. The van der Waals surface area contributed by atoms with Crippen LogP contribution in [-0.4, -0.2) is 83.0 Å². The summed E-state index contributed by atoms with van der Waals surface area (Å²) >= 11 is 2.88. The van der Waals surface area contributed by atoms with Crippen molar-refractivity contribution in [1.29, 1.82) is 0 Å². The largest absolute Gasteiger partial charge is 0.378 e. The van der Waals surface area contributed by atoms with Crippen molar-refractivity contribution in [2.24, 2.45) is 0 Å². The van der Waals surface area contributed by atoms with Gasteiger partial charge in [-0.3, -0.25) is 14.4 Å². The molecule has 1 aromatic carbocycles. The Hall–Kier alpha value is -1.71. The maximum Gasteiger partial charge on any atom is 0.248 e. The van der Waals surface area contributed by atoms with Gasteiger partial charge in [-0.2, -0.15) is 0 Å². The molecule has 2 aliphatic heterocycles. The normalized spacial score (nSPS) is 19.3. The third-order valence-corrected chi connectivity index (χ3v) is 7.01. The predicted molar refractivity (Wildman–Crippen MR) is 117 cm³/mol. The standard InChI is InChI=1S/C20H27N3O4S2/c1-14-3-4-16(9-15(14)2)21-20(26)17-10-29-13-23(17)19(25)12-28-11-18(24)22-5-7-27-8-6-22/h3-4,9,17H,5-8,10-13H2,1-2H3,(H,21,26). The first-order valence-electron chi connectivity index (χ1n) is 9.64. The van der Waals surface area contributed by atoms with E-state index in [0.717, 1.165) is 11.3 Å². The van der Waals surface area contributed by atoms with Crippen LogP contribution in [0.4, 0.5) is 5.69 Å². The second kappa shape index (κ2) is 10.4. The molecule has 0 aliphatic carbocycles. The Morgan fingerprint density at radius 3 is 2.59 bits per heavy atom. The van der Waals surface area contributed by atoms with Crippen molar-refractivity contribution in [3.8, 4) is 0 Å². The first-order valence-corrected chi connectivity index (χ1v) is 11.9. The maximum absolute atomic E-state index is 12.7. The van der Waals surface area contributed by atoms with Gasteiger partial charge in [0.25, 0.3) is 0 Å². The van der Waals surface area contributed by atoms with E-state index in [4.69, 9.17) is 4.74 Å². The fourth-order valence-corrected chi connectivity index (χ4v) is 5.14. The summed E-state index contributed by atoms with van der Waals surface area (Å²) in [5.74, 6) is 1.32. The summed E-state index contributed by atoms with van der Waals surface area (Å²) in [7, 11) is 0. The van der Waals surface area contributed by atoms with Gasteiger partial charge in [0.15, 0.2) is 0 Å². The highest BCUT2D eigenvalue weighted by Crippen LogP contribution is 2.24. The van der Waals surface area contributed by atoms with Crippen LogP contribution in [0.2, 0.25) is 0 Å². The number of hydrogen-bond donors (Lipinski definition) is 1. The topological polar surface area (TPSA) is 79.0 Å². The molecule has 0 saturated carbocycles. The Kier molecular flexibility index (Phi) is 7.85. The number of ether oxygens (including phenoxy) is 1. The van der Waals surface area contributed by atoms with Gasteiger partial charge in [-0.05, 0) is 37.1 Å². The minimum Gasteiger partial charge on any atom is -0.378 e. The van der Waals surface area contributed by atoms with Crippen LogP contribution in [0.25, 0.3) is 0 Å². The van der Waals surface area contributed by atoms with Gasteiger partial charge in [0, 0.05) is 24.5 Å². The van der Waals surface area contributed by atoms with Crippen LogP contribution in [0.5, 0.6) is 0 Å². The lowest BCUT2D eigenvalue weighted by molar-refractivity contribution is -0.134. The van der Waals surface area contributed by atoms with Crippen molar-refractivity contribution in [3.63, 3.8) is 0 Å². The van der Waals surface area contributed by atoms with Gasteiger partial charge in [-0.15, -0.1) is 23.5 Å². The van der Waals surface area contributed by atoms with Gasteiger partial charge >= 0.3 is 0 Å². The number of amides is 3. The second-order valence-electron chi connectivity index (χ2n) is 7.15. The molecule has 7 nitrogen and oxygen atoms in total. The molecule has 3 amide bonds. The number of rotatable bonds is 6. The van der Waals surface area contributed by atoms with E-state index in [1.807, 2.05) is 32.0 Å². The summed E-state index contributed by atoms with van der Waals surface area (Å²) in [4.78, 5) is 40.9. The van der Waals surface area contributed by atoms with Crippen LogP contribution in [0, 0.1) is 13.8 Å². The van der Waals surface area contributed by atoms with Gasteiger partial charge in [-0.25, -0.2) is 0 Å². The molecule has 0 aromatic heterocycles. The molecule has 158 valence electrons. The second-order valence-corrected chi connectivity index (χ2v) is 9.14. The van der Waals surface area contributed by atoms with E-state index in [2.05, 4.69) is 5.32 Å². The lowest BCUT2D eigenvalue weighted by Crippen LogP contribution is -2.45. The lowest BCUT2D eigenvalue weighted by Gasteiger charge is -2.27. The van der Waals surface area contributed by atoms with Crippen LogP contribution in [0.15, 0.2) is 18.2 Å². The van der Waals surface area contributed by atoms with Crippen molar-refractivity contribution >= 4 is 46.9 Å². The first-order chi connectivity index (χ1) is 14.0. The quantitative estimate of drug-likeness (QED) is 0.730. The molecule has 2 aliphatic rings. The van der Waals surface area contributed by atoms with Crippen molar-refractivity contribution in [2.75, 3.05) is 54.8 Å². The number of carbonyl (C=O) groups is 3. The van der Waals surface area contributed by atoms with Crippen LogP contribution >= 0.6 is 23.5 Å². The molecule has 3 rings (SSSR count). The zero-order chi connectivity index (χ0) is 20.8. The Balaban J connectivity index is 1.48. The number of nitrogens with zero attached hydrogens (tertiary/aromatic N) is 2. The molecule has 2 heterocycles. The van der Waals surface area contributed by atoms with Gasteiger partial charge < -0.3 is 19.9 Å². The van der Waals surface area contributed by atoms with E-state index in [1.165, 1.54) is 17.3 Å². The van der Waals surface area contributed by atoms with Crippen molar-refractivity contribution in [2.45, 2.75) is 19.9 Å².